The van der Waals surface area contributed by atoms with Crippen LogP contribution in [0.2, 0.25) is 0 Å². The molecule has 0 aromatic rings. The molecule has 0 aromatic heterocycles. The summed E-state index contributed by atoms with van der Waals surface area (Å²) in [5.74, 6) is 0. The molecule has 0 aliphatic rings. The fourth-order valence-electron chi connectivity index (χ4n) is 2.87. The highest BCUT2D eigenvalue weighted by atomic mass is 14.7. The molecule has 8 N–H and O–H groups in total. The summed E-state index contributed by atoms with van der Waals surface area (Å²) in [5, 5.41) is 0. The van der Waals surface area contributed by atoms with Crippen molar-refractivity contribution in [1.29, 1.82) is 0 Å². The van der Waals surface area contributed by atoms with Crippen molar-refractivity contribution in [2.24, 2.45) is 22.9 Å². The lowest BCUT2D eigenvalue weighted by atomic mass is 9.97. The summed E-state index contributed by atoms with van der Waals surface area (Å²) in [7, 11) is 0. The van der Waals surface area contributed by atoms with E-state index >= 15 is 0 Å². The molecule has 0 aliphatic heterocycles. The molecule has 22 heavy (non-hydrogen) atoms. The van der Waals surface area contributed by atoms with Crippen molar-refractivity contribution >= 4 is 0 Å². The molecule has 0 radical (unpaired) electrons. The van der Waals surface area contributed by atoms with Crippen LogP contribution in [0.4, 0.5) is 0 Å². The first-order valence-corrected chi connectivity index (χ1v) is 9.56. The highest BCUT2D eigenvalue weighted by molar-refractivity contribution is 4.71. The van der Waals surface area contributed by atoms with Crippen molar-refractivity contribution < 1.29 is 0 Å². The van der Waals surface area contributed by atoms with Gasteiger partial charge in [-0.1, -0.05) is 51.9 Å². The first kappa shape index (κ1) is 21.8. The Morgan fingerprint density at radius 1 is 0.545 bits per heavy atom. The molecule has 0 fully saturated rings. The summed E-state index contributed by atoms with van der Waals surface area (Å²) >= 11 is 0. The van der Waals surface area contributed by atoms with Crippen LogP contribution in [0, 0.1) is 0 Å². The number of hydrogen-bond acceptors (Lipinski definition) is 4. The first-order valence-electron chi connectivity index (χ1n) is 9.56. The van der Waals surface area contributed by atoms with E-state index in [1.807, 2.05) is 0 Å². The van der Waals surface area contributed by atoms with Gasteiger partial charge in [0.15, 0.2) is 0 Å². The van der Waals surface area contributed by atoms with Crippen molar-refractivity contribution in [2.45, 2.75) is 109 Å². The number of unbranched alkanes of at least 4 members (excludes halogenated alkanes) is 6. The molecule has 0 saturated heterocycles. The van der Waals surface area contributed by atoms with Crippen molar-refractivity contribution in [3.8, 4) is 0 Å². The van der Waals surface area contributed by atoms with E-state index in [0.717, 1.165) is 38.5 Å². The Morgan fingerprint density at radius 3 is 1.45 bits per heavy atom. The minimum absolute atomic E-state index is 0.206. The molecule has 4 heteroatoms. The lowest BCUT2D eigenvalue weighted by Gasteiger charge is -2.17. The monoisotopic (exact) mass is 314 g/mol. The number of rotatable bonds is 16. The zero-order chi connectivity index (χ0) is 16.6. The summed E-state index contributed by atoms with van der Waals surface area (Å²) in [6, 6.07) is 0.765. The van der Waals surface area contributed by atoms with Gasteiger partial charge in [0.2, 0.25) is 0 Å². The molecule has 134 valence electrons. The van der Waals surface area contributed by atoms with Gasteiger partial charge in [-0.2, -0.15) is 0 Å². The van der Waals surface area contributed by atoms with Crippen LogP contribution in [0.1, 0.15) is 90.4 Å². The molecule has 0 saturated carbocycles. The van der Waals surface area contributed by atoms with Crippen LogP contribution in [0.3, 0.4) is 0 Å². The molecule has 0 aromatic carbocycles. The van der Waals surface area contributed by atoms with E-state index in [1.54, 1.807) is 0 Å². The summed E-state index contributed by atoms with van der Waals surface area (Å²) < 4.78 is 0. The van der Waals surface area contributed by atoms with Gasteiger partial charge in [0.05, 0.1) is 0 Å². The van der Waals surface area contributed by atoms with E-state index in [1.165, 1.54) is 44.9 Å². The van der Waals surface area contributed by atoms with Gasteiger partial charge in [0.25, 0.3) is 0 Å². The Kier molecular flexibility index (Phi) is 15.6. The molecule has 0 rings (SSSR count). The number of hydrogen-bond donors (Lipinski definition) is 4. The second kappa shape index (κ2) is 15.7. The second-order valence-corrected chi connectivity index (χ2v) is 6.92. The molecule has 0 heterocycles. The topological polar surface area (TPSA) is 104 Å². The van der Waals surface area contributed by atoms with Crippen molar-refractivity contribution in [3.63, 3.8) is 0 Å². The van der Waals surface area contributed by atoms with E-state index in [-0.39, 0.29) is 12.1 Å². The van der Waals surface area contributed by atoms with Crippen LogP contribution in [0.25, 0.3) is 0 Å². The van der Waals surface area contributed by atoms with E-state index in [4.69, 9.17) is 22.9 Å². The van der Waals surface area contributed by atoms with Crippen molar-refractivity contribution in [3.05, 3.63) is 0 Å². The zero-order valence-corrected chi connectivity index (χ0v) is 14.9. The zero-order valence-electron chi connectivity index (χ0n) is 14.9. The van der Waals surface area contributed by atoms with Crippen LogP contribution in [0.15, 0.2) is 0 Å². The lowest BCUT2D eigenvalue weighted by molar-refractivity contribution is 0.438. The van der Waals surface area contributed by atoms with Gasteiger partial charge in [-0.05, 0) is 45.1 Å². The molecule has 3 unspecified atom stereocenters. The summed E-state index contributed by atoms with van der Waals surface area (Å²) in [4.78, 5) is 0. The fraction of sp³-hybridized carbons (Fsp3) is 1.00. The van der Waals surface area contributed by atoms with Crippen LogP contribution in [-0.2, 0) is 0 Å². The van der Waals surface area contributed by atoms with Crippen molar-refractivity contribution in [1.82, 2.24) is 0 Å². The standard InChI is InChI=1S/C18H42N4/c1-2-3-4-5-6-7-8-9-16(20)10-11-17(21)12-13-18(22)14-15-19/h16-18H,2-15,19-22H2,1H3. The lowest BCUT2D eigenvalue weighted by Crippen LogP contribution is -2.30. The Hall–Kier alpha value is -0.160. The average molecular weight is 315 g/mol. The highest BCUT2D eigenvalue weighted by Gasteiger charge is 2.09. The van der Waals surface area contributed by atoms with E-state index < -0.39 is 0 Å². The van der Waals surface area contributed by atoms with Crippen LogP contribution < -0.4 is 22.9 Å². The normalized spacial score (nSPS) is 15.7. The molecule has 0 bridgehead atoms. The smallest absolute Gasteiger partial charge is 0.00514 e. The quantitative estimate of drug-likeness (QED) is 0.329. The average Bonchev–Trinajstić information content (AvgIpc) is 2.50. The number of nitrogens with two attached hydrogens (primary N) is 4. The third-order valence-electron chi connectivity index (χ3n) is 4.53. The van der Waals surface area contributed by atoms with Gasteiger partial charge >= 0.3 is 0 Å². The maximum atomic E-state index is 6.19. The molecule has 0 aliphatic carbocycles. The summed E-state index contributed by atoms with van der Waals surface area (Å²) in [6.45, 7) is 2.93. The predicted molar refractivity (Wildman–Crippen MR) is 98.7 cm³/mol. The SMILES string of the molecule is CCCCCCCCCC(N)CCC(N)CCC(N)CCN. The second-order valence-electron chi connectivity index (χ2n) is 6.92. The van der Waals surface area contributed by atoms with Crippen LogP contribution in [0.5, 0.6) is 0 Å². The van der Waals surface area contributed by atoms with Gasteiger partial charge in [0.1, 0.15) is 0 Å². The van der Waals surface area contributed by atoms with E-state index in [2.05, 4.69) is 6.92 Å². The maximum absolute atomic E-state index is 6.19. The molecule has 4 nitrogen and oxygen atoms in total. The van der Waals surface area contributed by atoms with Gasteiger partial charge in [-0.25, -0.2) is 0 Å². The van der Waals surface area contributed by atoms with Crippen LogP contribution >= 0.6 is 0 Å². The van der Waals surface area contributed by atoms with Gasteiger partial charge < -0.3 is 22.9 Å². The molecular formula is C18H42N4. The largest absolute Gasteiger partial charge is 0.330 e. The van der Waals surface area contributed by atoms with Gasteiger partial charge in [-0.15, -0.1) is 0 Å². The highest BCUT2D eigenvalue weighted by Crippen LogP contribution is 2.13. The maximum Gasteiger partial charge on any atom is 0.00514 e. The Labute approximate surface area is 138 Å². The Morgan fingerprint density at radius 2 is 0.955 bits per heavy atom. The van der Waals surface area contributed by atoms with Crippen LogP contribution in [-0.4, -0.2) is 24.7 Å². The minimum atomic E-state index is 0.206. The summed E-state index contributed by atoms with van der Waals surface area (Å²) in [6.07, 6.45) is 15.5. The fourth-order valence-corrected chi connectivity index (χ4v) is 2.87. The van der Waals surface area contributed by atoms with Gasteiger partial charge in [-0.3, -0.25) is 0 Å². The molecule has 0 amide bonds. The first-order chi connectivity index (χ1) is 10.6. The van der Waals surface area contributed by atoms with E-state index in [0.29, 0.717) is 12.6 Å². The third kappa shape index (κ3) is 14.8. The van der Waals surface area contributed by atoms with E-state index in [9.17, 15) is 0 Å². The van der Waals surface area contributed by atoms with Crippen molar-refractivity contribution in [2.75, 3.05) is 6.54 Å². The van der Waals surface area contributed by atoms with Gasteiger partial charge in [0, 0.05) is 18.1 Å². The summed E-state index contributed by atoms with van der Waals surface area (Å²) in [5.41, 5.74) is 23.8. The molecular weight excluding hydrogens is 272 g/mol. The Balaban J connectivity index is 3.42. The molecule has 3 atom stereocenters. The molecule has 0 spiro atoms. The Bertz CT molecular complexity index is 223. The minimum Gasteiger partial charge on any atom is -0.330 e. The predicted octanol–water partition coefficient (Wildman–Crippen LogP) is 3.02. The third-order valence-corrected chi connectivity index (χ3v) is 4.53.